The standard InChI is InChI=1S/C12H9NO3/c1-2-4-10-9(3-1)7-15-12(10)16-8-11-13-5-6-14-11/h1-7H,8H2. The van der Waals surface area contributed by atoms with Crippen molar-refractivity contribution in [2.75, 3.05) is 0 Å². The average Bonchev–Trinajstić information content (AvgIpc) is 2.96. The number of hydrogen-bond donors (Lipinski definition) is 0. The molecule has 0 aliphatic heterocycles. The number of hydrogen-bond acceptors (Lipinski definition) is 4. The van der Waals surface area contributed by atoms with Crippen LogP contribution in [-0.4, -0.2) is 4.98 Å². The average molecular weight is 215 g/mol. The summed E-state index contributed by atoms with van der Waals surface area (Å²) in [5, 5.41) is 1.97. The van der Waals surface area contributed by atoms with Crippen molar-refractivity contribution in [3.05, 3.63) is 48.9 Å². The second kappa shape index (κ2) is 3.73. The van der Waals surface area contributed by atoms with E-state index in [9.17, 15) is 0 Å². The van der Waals surface area contributed by atoms with Gasteiger partial charge in [-0.3, -0.25) is 0 Å². The van der Waals surface area contributed by atoms with Gasteiger partial charge in [-0.2, -0.15) is 0 Å². The van der Waals surface area contributed by atoms with E-state index in [0.717, 1.165) is 10.8 Å². The van der Waals surface area contributed by atoms with E-state index in [-0.39, 0.29) is 6.61 Å². The third-order valence-corrected chi connectivity index (χ3v) is 2.28. The number of rotatable bonds is 3. The third-order valence-electron chi connectivity index (χ3n) is 2.28. The number of aromatic nitrogens is 1. The van der Waals surface area contributed by atoms with Crippen molar-refractivity contribution in [2.45, 2.75) is 6.61 Å². The minimum atomic E-state index is 0.268. The lowest BCUT2D eigenvalue weighted by atomic mass is 10.2. The summed E-state index contributed by atoms with van der Waals surface area (Å²) >= 11 is 0. The van der Waals surface area contributed by atoms with Gasteiger partial charge in [0.15, 0.2) is 6.61 Å². The summed E-state index contributed by atoms with van der Waals surface area (Å²) in [4.78, 5) is 3.96. The van der Waals surface area contributed by atoms with Crippen LogP contribution in [0.15, 0.2) is 51.8 Å². The maximum atomic E-state index is 5.48. The van der Waals surface area contributed by atoms with Crippen molar-refractivity contribution in [1.82, 2.24) is 4.98 Å². The number of benzene rings is 1. The van der Waals surface area contributed by atoms with Gasteiger partial charge in [0.2, 0.25) is 5.89 Å². The van der Waals surface area contributed by atoms with Gasteiger partial charge in [0, 0.05) is 5.39 Å². The molecule has 4 nitrogen and oxygen atoms in total. The molecule has 0 N–H and O–H groups in total. The van der Waals surface area contributed by atoms with Crippen molar-refractivity contribution < 1.29 is 13.6 Å². The lowest BCUT2D eigenvalue weighted by Crippen LogP contribution is -1.94. The van der Waals surface area contributed by atoms with E-state index < -0.39 is 0 Å². The van der Waals surface area contributed by atoms with Crippen LogP contribution in [0.2, 0.25) is 0 Å². The fraction of sp³-hybridized carbons (Fsp3) is 0.0833. The summed E-state index contributed by atoms with van der Waals surface area (Å²) < 4.78 is 15.9. The topological polar surface area (TPSA) is 48.4 Å². The summed E-state index contributed by atoms with van der Waals surface area (Å²) in [6.45, 7) is 0.268. The normalized spacial score (nSPS) is 10.8. The smallest absolute Gasteiger partial charge is 0.292 e. The SMILES string of the molecule is c1ccc2c(OCc3ncco3)occ2c1. The zero-order valence-electron chi connectivity index (χ0n) is 8.42. The van der Waals surface area contributed by atoms with Gasteiger partial charge in [-0.1, -0.05) is 18.2 Å². The van der Waals surface area contributed by atoms with Crippen LogP contribution in [-0.2, 0) is 6.61 Å². The van der Waals surface area contributed by atoms with E-state index in [1.165, 1.54) is 6.26 Å². The zero-order valence-corrected chi connectivity index (χ0v) is 8.42. The molecular formula is C12H9NO3. The van der Waals surface area contributed by atoms with E-state index in [1.54, 1.807) is 12.5 Å². The summed E-state index contributed by atoms with van der Waals surface area (Å²) in [5.74, 6) is 1.02. The van der Waals surface area contributed by atoms with Crippen molar-refractivity contribution in [1.29, 1.82) is 0 Å². The lowest BCUT2D eigenvalue weighted by molar-refractivity contribution is 0.210. The Labute approximate surface area is 91.5 Å². The Morgan fingerprint density at radius 2 is 2.12 bits per heavy atom. The Morgan fingerprint density at radius 3 is 3.00 bits per heavy atom. The van der Waals surface area contributed by atoms with E-state index in [2.05, 4.69) is 4.98 Å². The van der Waals surface area contributed by atoms with Gasteiger partial charge < -0.3 is 13.6 Å². The molecule has 0 saturated carbocycles. The van der Waals surface area contributed by atoms with Gasteiger partial charge in [-0.15, -0.1) is 0 Å². The Bertz CT molecular complexity index is 583. The predicted molar refractivity (Wildman–Crippen MR) is 57.0 cm³/mol. The molecular weight excluding hydrogens is 206 g/mol. The van der Waals surface area contributed by atoms with E-state index in [4.69, 9.17) is 13.6 Å². The van der Waals surface area contributed by atoms with Gasteiger partial charge >= 0.3 is 0 Å². The summed E-state index contributed by atoms with van der Waals surface area (Å²) in [6.07, 6.45) is 4.76. The van der Waals surface area contributed by atoms with Gasteiger partial charge in [-0.05, 0) is 6.07 Å². The number of oxazole rings is 1. The van der Waals surface area contributed by atoms with Crippen LogP contribution in [0.3, 0.4) is 0 Å². The fourth-order valence-corrected chi connectivity index (χ4v) is 1.53. The maximum Gasteiger partial charge on any atom is 0.292 e. The van der Waals surface area contributed by atoms with Crippen LogP contribution in [0.4, 0.5) is 0 Å². The van der Waals surface area contributed by atoms with Crippen LogP contribution >= 0.6 is 0 Å². The highest BCUT2D eigenvalue weighted by Crippen LogP contribution is 2.27. The van der Waals surface area contributed by atoms with Crippen molar-refractivity contribution in [3.8, 4) is 5.95 Å². The molecule has 0 unspecified atom stereocenters. The highest BCUT2D eigenvalue weighted by Gasteiger charge is 2.07. The molecule has 0 spiro atoms. The van der Waals surface area contributed by atoms with E-state index in [1.807, 2.05) is 24.3 Å². The number of ether oxygens (including phenoxy) is 1. The molecule has 0 saturated heterocycles. The van der Waals surface area contributed by atoms with Crippen LogP contribution < -0.4 is 4.74 Å². The van der Waals surface area contributed by atoms with Crippen molar-refractivity contribution >= 4 is 10.8 Å². The first-order valence-electron chi connectivity index (χ1n) is 4.91. The first kappa shape index (κ1) is 9.03. The Morgan fingerprint density at radius 1 is 1.19 bits per heavy atom. The molecule has 0 aliphatic carbocycles. The zero-order chi connectivity index (χ0) is 10.8. The summed E-state index contributed by atoms with van der Waals surface area (Å²) in [7, 11) is 0. The minimum Gasteiger partial charge on any atom is -0.455 e. The van der Waals surface area contributed by atoms with Crippen LogP contribution in [0, 0.1) is 0 Å². The van der Waals surface area contributed by atoms with Gasteiger partial charge in [0.05, 0.1) is 11.6 Å². The van der Waals surface area contributed by atoms with Crippen molar-refractivity contribution in [2.24, 2.45) is 0 Å². The number of nitrogens with zero attached hydrogens (tertiary/aromatic N) is 1. The van der Waals surface area contributed by atoms with Gasteiger partial charge in [0.25, 0.3) is 5.95 Å². The highest BCUT2D eigenvalue weighted by molar-refractivity contribution is 5.86. The summed E-state index contributed by atoms with van der Waals surface area (Å²) in [6, 6.07) is 7.81. The molecule has 0 aliphatic rings. The molecule has 0 radical (unpaired) electrons. The lowest BCUT2D eigenvalue weighted by Gasteiger charge is -1.99. The third kappa shape index (κ3) is 1.54. The van der Waals surface area contributed by atoms with Gasteiger partial charge in [0.1, 0.15) is 12.5 Å². The monoisotopic (exact) mass is 215 g/mol. The Balaban J connectivity index is 1.84. The maximum absolute atomic E-state index is 5.48. The van der Waals surface area contributed by atoms with Gasteiger partial charge in [-0.25, -0.2) is 4.98 Å². The number of fused-ring (bicyclic) bond motifs is 1. The predicted octanol–water partition coefficient (Wildman–Crippen LogP) is 3.00. The molecule has 0 bridgehead atoms. The van der Waals surface area contributed by atoms with Crippen LogP contribution in [0.1, 0.15) is 5.89 Å². The minimum absolute atomic E-state index is 0.268. The van der Waals surface area contributed by atoms with Crippen molar-refractivity contribution in [3.63, 3.8) is 0 Å². The quantitative estimate of drug-likeness (QED) is 0.673. The van der Waals surface area contributed by atoms with Crippen LogP contribution in [0.5, 0.6) is 5.95 Å². The molecule has 80 valence electrons. The molecule has 0 amide bonds. The molecule has 0 atom stereocenters. The fourth-order valence-electron chi connectivity index (χ4n) is 1.53. The molecule has 2 heterocycles. The first-order chi connectivity index (χ1) is 7.93. The number of furan rings is 1. The first-order valence-corrected chi connectivity index (χ1v) is 4.91. The molecule has 1 aromatic carbocycles. The second-order valence-corrected chi connectivity index (χ2v) is 3.32. The van der Waals surface area contributed by atoms with E-state index in [0.29, 0.717) is 11.8 Å². The Kier molecular flexibility index (Phi) is 2.11. The molecule has 0 fully saturated rings. The molecule has 2 aromatic heterocycles. The van der Waals surface area contributed by atoms with Crippen LogP contribution in [0.25, 0.3) is 10.8 Å². The molecule has 4 heteroatoms. The summed E-state index contributed by atoms with van der Waals surface area (Å²) in [5.41, 5.74) is 0. The second-order valence-electron chi connectivity index (χ2n) is 3.32. The van der Waals surface area contributed by atoms with E-state index >= 15 is 0 Å². The molecule has 3 rings (SSSR count). The molecule has 16 heavy (non-hydrogen) atoms. The Hall–Kier alpha value is -2.23. The highest BCUT2D eigenvalue weighted by atomic mass is 16.6. The largest absolute Gasteiger partial charge is 0.455 e. The molecule has 3 aromatic rings.